The lowest BCUT2D eigenvalue weighted by molar-refractivity contribution is 1.09. The highest BCUT2D eigenvalue weighted by Crippen LogP contribution is 2.23. The van der Waals surface area contributed by atoms with E-state index in [9.17, 15) is 0 Å². The summed E-state index contributed by atoms with van der Waals surface area (Å²) in [4.78, 5) is 19.9. The zero-order chi connectivity index (χ0) is 20.0. The molecule has 0 spiro atoms. The number of aryl methyl sites for hydroxylation is 2. The molecule has 2 aromatic carbocycles. The lowest BCUT2D eigenvalue weighted by Crippen LogP contribution is -2.04. The predicted octanol–water partition coefficient (Wildman–Crippen LogP) is 4.37. The van der Waals surface area contributed by atoms with Crippen LogP contribution in [0.25, 0.3) is 21.9 Å². The van der Waals surface area contributed by atoms with E-state index < -0.39 is 0 Å². The van der Waals surface area contributed by atoms with Crippen LogP contribution in [-0.2, 0) is 6.42 Å². The molecule has 5 rings (SSSR count). The largest absolute Gasteiger partial charge is 0.383 e. The fourth-order valence-corrected chi connectivity index (χ4v) is 3.62. The van der Waals surface area contributed by atoms with Gasteiger partial charge in [-0.05, 0) is 55.8 Å². The standard InChI is InChI=1S/C22H21N7/c1-12-7-15-10-17(4-6-18(15)25-12)28-22-24-11-16(21(23)29-22)8-14-3-5-19-20(9-14)27-13(2)26-19/h3-7,9-11,25H,8H2,1-2H3,(H,26,27)(H3,23,24,28,29). The zero-order valence-electron chi connectivity index (χ0n) is 16.2. The third kappa shape index (κ3) is 3.38. The number of fused-ring (bicyclic) bond motifs is 2. The van der Waals surface area contributed by atoms with Crippen molar-refractivity contribution >= 4 is 39.4 Å². The second kappa shape index (κ2) is 6.63. The summed E-state index contributed by atoms with van der Waals surface area (Å²) >= 11 is 0. The van der Waals surface area contributed by atoms with Crippen LogP contribution >= 0.6 is 0 Å². The fraction of sp³-hybridized carbons (Fsp3) is 0.136. The molecule has 0 aliphatic carbocycles. The number of nitrogen functional groups attached to an aromatic ring is 1. The number of aromatic amines is 2. The Labute approximate surface area is 167 Å². The van der Waals surface area contributed by atoms with Gasteiger partial charge in [0.15, 0.2) is 0 Å². The highest BCUT2D eigenvalue weighted by molar-refractivity contribution is 5.84. The Morgan fingerprint density at radius 2 is 1.86 bits per heavy atom. The van der Waals surface area contributed by atoms with Crippen molar-refractivity contribution < 1.29 is 0 Å². The van der Waals surface area contributed by atoms with E-state index in [-0.39, 0.29) is 0 Å². The molecule has 3 aromatic heterocycles. The van der Waals surface area contributed by atoms with Crippen LogP contribution < -0.4 is 11.1 Å². The molecule has 0 amide bonds. The number of benzene rings is 2. The molecule has 5 N–H and O–H groups in total. The van der Waals surface area contributed by atoms with Crippen LogP contribution in [0.5, 0.6) is 0 Å². The molecule has 144 valence electrons. The van der Waals surface area contributed by atoms with E-state index in [0.717, 1.165) is 50.3 Å². The van der Waals surface area contributed by atoms with Crippen LogP contribution in [0.15, 0.2) is 48.7 Å². The van der Waals surface area contributed by atoms with Gasteiger partial charge in [0.1, 0.15) is 11.6 Å². The highest BCUT2D eigenvalue weighted by Gasteiger charge is 2.08. The Balaban J connectivity index is 1.37. The average Bonchev–Trinajstić information content (AvgIpc) is 3.23. The molecule has 0 unspecified atom stereocenters. The minimum atomic E-state index is 0.474. The number of hydrogen-bond acceptors (Lipinski definition) is 5. The number of aromatic nitrogens is 5. The van der Waals surface area contributed by atoms with Gasteiger partial charge in [0.2, 0.25) is 5.95 Å². The topological polar surface area (TPSA) is 108 Å². The number of nitrogens with two attached hydrogens (primary N) is 1. The van der Waals surface area contributed by atoms with Crippen molar-refractivity contribution in [3.05, 3.63) is 71.3 Å². The molecule has 0 aliphatic rings. The van der Waals surface area contributed by atoms with Gasteiger partial charge in [0.25, 0.3) is 0 Å². The van der Waals surface area contributed by atoms with Gasteiger partial charge in [-0.1, -0.05) is 6.07 Å². The highest BCUT2D eigenvalue weighted by atomic mass is 15.1. The molecular weight excluding hydrogens is 362 g/mol. The first-order chi connectivity index (χ1) is 14.0. The zero-order valence-corrected chi connectivity index (χ0v) is 16.2. The van der Waals surface area contributed by atoms with Crippen molar-refractivity contribution in [1.82, 2.24) is 24.9 Å². The van der Waals surface area contributed by atoms with E-state index in [4.69, 9.17) is 5.73 Å². The summed E-state index contributed by atoms with van der Waals surface area (Å²) in [5.74, 6) is 1.86. The summed E-state index contributed by atoms with van der Waals surface area (Å²) in [6.45, 7) is 3.99. The third-order valence-corrected chi connectivity index (χ3v) is 4.97. The summed E-state index contributed by atoms with van der Waals surface area (Å²) in [5.41, 5.74) is 13.4. The van der Waals surface area contributed by atoms with Crippen LogP contribution in [0, 0.1) is 13.8 Å². The Morgan fingerprint density at radius 1 is 0.966 bits per heavy atom. The van der Waals surface area contributed by atoms with Crippen LogP contribution in [0.2, 0.25) is 0 Å². The minimum Gasteiger partial charge on any atom is -0.383 e. The maximum absolute atomic E-state index is 6.22. The van der Waals surface area contributed by atoms with E-state index in [0.29, 0.717) is 18.2 Å². The van der Waals surface area contributed by atoms with Crippen LogP contribution in [0.1, 0.15) is 22.6 Å². The molecule has 7 heteroatoms. The third-order valence-electron chi connectivity index (χ3n) is 4.97. The quantitative estimate of drug-likeness (QED) is 0.369. The van der Waals surface area contributed by atoms with Crippen molar-refractivity contribution in [2.45, 2.75) is 20.3 Å². The van der Waals surface area contributed by atoms with E-state index in [1.54, 1.807) is 6.20 Å². The van der Waals surface area contributed by atoms with E-state index in [1.807, 2.05) is 32.0 Å². The molecule has 0 atom stereocenters. The molecule has 5 aromatic rings. The number of H-pyrrole nitrogens is 2. The average molecular weight is 383 g/mol. The second-order valence-corrected chi connectivity index (χ2v) is 7.33. The van der Waals surface area contributed by atoms with Crippen LogP contribution in [0.3, 0.4) is 0 Å². The summed E-state index contributed by atoms with van der Waals surface area (Å²) in [6.07, 6.45) is 2.45. The van der Waals surface area contributed by atoms with E-state index in [1.165, 1.54) is 0 Å². The maximum atomic E-state index is 6.22. The molecule has 0 bridgehead atoms. The van der Waals surface area contributed by atoms with Gasteiger partial charge < -0.3 is 21.0 Å². The molecule has 3 heterocycles. The van der Waals surface area contributed by atoms with Crippen molar-refractivity contribution in [2.24, 2.45) is 0 Å². The van der Waals surface area contributed by atoms with Gasteiger partial charge in [-0.3, -0.25) is 0 Å². The number of anilines is 3. The number of rotatable bonds is 4. The Morgan fingerprint density at radius 3 is 2.72 bits per heavy atom. The summed E-state index contributed by atoms with van der Waals surface area (Å²) in [6, 6.07) is 14.4. The molecular formula is C22H21N7. The minimum absolute atomic E-state index is 0.474. The van der Waals surface area contributed by atoms with Gasteiger partial charge in [-0.25, -0.2) is 9.97 Å². The van der Waals surface area contributed by atoms with Gasteiger partial charge >= 0.3 is 0 Å². The van der Waals surface area contributed by atoms with Crippen molar-refractivity contribution in [1.29, 1.82) is 0 Å². The molecule has 0 aliphatic heterocycles. The number of nitrogens with one attached hydrogen (secondary N) is 3. The number of imidazole rings is 1. The first kappa shape index (κ1) is 17.2. The Hall–Kier alpha value is -3.87. The smallest absolute Gasteiger partial charge is 0.229 e. The van der Waals surface area contributed by atoms with Crippen molar-refractivity contribution in [2.75, 3.05) is 11.1 Å². The molecule has 7 nitrogen and oxygen atoms in total. The maximum Gasteiger partial charge on any atom is 0.229 e. The lowest BCUT2D eigenvalue weighted by atomic mass is 10.1. The van der Waals surface area contributed by atoms with Crippen LogP contribution in [0.4, 0.5) is 17.5 Å². The van der Waals surface area contributed by atoms with Gasteiger partial charge in [0.05, 0.1) is 11.0 Å². The van der Waals surface area contributed by atoms with E-state index >= 15 is 0 Å². The Bertz CT molecular complexity index is 1350. The molecule has 29 heavy (non-hydrogen) atoms. The summed E-state index contributed by atoms with van der Waals surface area (Å²) < 4.78 is 0. The molecule has 0 radical (unpaired) electrons. The summed E-state index contributed by atoms with van der Waals surface area (Å²) in [5, 5.41) is 4.38. The molecule has 0 saturated heterocycles. The SMILES string of the molecule is Cc1cc2cc(Nc3ncc(Cc4ccc5nc(C)[nH]c5c4)c(N)n3)ccc2[nH]1. The predicted molar refractivity (Wildman–Crippen MR) is 116 cm³/mol. The molecule has 0 fully saturated rings. The van der Waals surface area contributed by atoms with Crippen molar-refractivity contribution in [3.8, 4) is 0 Å². The van der Waals surface area contributed by atoms with E-state index in [2.05, 4.69) is 54.5 Å². The number of nitrogens with zero attached hydrogens (tertiary/aromatic N) is 3. The molecule has 0 saturated carbocycles. The fourth-order valence-electron chi connectivity index (χ4n) is 3.62. The Kier molecular flexibility index (Phi) is 3.94. The second-order valence-electron chi connectivity index (χ2n) is 7.33. The summed E-state index contributed by atoms with van der Waals surface area (Å²) in [7, 11) is 0. The van der Waals surface area contributed by atoms with Crippen LogP contribution in [-0.4, -0.2) is 24.9 Å². The van der Waals surface area contributed by atoms with Gasteiger partial charge in [-0.2, -0.15) is 4.98 Å². The first-order valence-corrected chi connectivity index (χ1v) is 9.46. The van der Waals surface area contributed by atoms with Gasteiger partial charge in [-0.15, -0.1) is 0 Å². The monoisotopic (exact) mass is 383 g/mol. The first-order valence-electron chi connectivity index (χ1n) is 9.46. The van der Waals surface area contributed by atoms with Gasteiger partial charge in [0, 0.05) is 40.5 Å². The van der Waals surface area contributed by atoms with Crippen molar-refractivity contribution in [3.63, 3.8) is 0 Å². The lowest BCUT2D eigenvalue weighted by Gasteiger charge is -2.09. The normalized spacial score (nSPS) is 11.4. The number of hydrogen-bond donors (Lipinski definition) is 4.